The zero-order chi connectivity index (χ0) is 19.3. The molecule has 0 saturated carbocycles. The fourth-order valence-electron chi connectivity index (χ4n) is 3.71. The Kier molecular flexibility index (Phi) is 5.78. The number of Topliss-reactive ketones (excluding diaryl/α,β-unsaturated/α-hetero) is 1. The average Bonchev–Trinajstić information content (AvgIpc) is 2.73. The summed E-state index contributed by atoms with van der Waals surface area (Å²) in [4.78, 5) is 20.3. The van der Waals surface area contributed by atoms with Crippen LogP contribution in [-0.2, 0) is 4.74 Å². The predicted octanol–water partition coefficient (Wildman–Crippen LogP) is 3.34. The van der Waals surface area contributed by atoms with Gasteiger partial charge in [0.15, 0.2) is 5.78 Å². The maximum absolute atomic E-state index is 13.4. The minimum atomic E-state index is -0.529. The second-order valence-corrected chi connectivity index (χ2v) is 7.09. The maximum atomic E-state index is 13.4. The van der Waals surface area contributed by atoms with Gasteiger partial charge in [-0.15, -0.1) is 0 Å². The molecule has 2 aliphatic rings. The van der Waals surface area contributed by atoms with Crippen LogP contribution in [0.2, 0.25) is 0 Å². The van der Waals surface area contributed by atoms with E-state index in [1.807, 2.05) is 24.3 Å². The number of hydrogen-bond donors (Lipinski definition) is 1. The highest BCUT2D eigenvalue weighted by Gasteiger charge is 2.33. The van der Waals surface area contributed by atoms with Crippen molar-refractivity contribution < 1.29 is 13.9 Å². The number of ether oxygens (including phenoxy) is 1. The number of anilines is 1. The number of aliphatic imine (C=N–C) groups is 1. The summed E-state index contributed by atoms with van der Waals surface area (Å²) < 4.78 is 18.7. The third-order valence-electron chi connectivity index (χ3n) is 5.21. The van der Waals surface area contributed by atoms with Gasteiger partial charge in [0, 0.05) is 31.7 Å². The fourth-order valence-corrected chi connectivity index (χ4v) is 3.71. The molecule has 6 heteroatoms. The number of morpholine rings is 1. The summed E-state index contributed by atoms with van der Waals surface area (Å²) in [5, 5.41) is 3.33. The Labute approximate surface area is 164 Å². The lowest BCUT2D eigenvalue weighted by atomic mass is 9.86. The molecule has 146 valence electrons. The minimum absolute atomic E-state index is 0.00659. The number of halogens is 1. The van der Waals surface area contributed by atoms with Crippen molar-refractivity contribution in [3.63, 3.8) is 0 Å². The number of nitrogens with zero attached hydrogens (tertiary/aromatic N) is 2. The molecule has 0 aromatic heterocycles. The van der Waals surface area contributed by atoms with E-state index in [9.17, 15) is 9.18 Å². The van der Waals surface area contributed by atoms with Crippen molar-refractivity contribution in [3.05, 3.63) is 65.5 Å². The maximum Gasteiger partial charge on any atom is 0.179 e. The van der Waals surface area contributed by atoms with Crippen molar-refractivity contribution >= 4 is 17.3 Å². The first-order valence-corrected chi connectivity index (χ1v) is 9.72. The van der Waals surface area contributed by atoms with Gasteiger partial charge in [0.2, 0.25) is 0 Å². The van der Waals surface area contributed by atoms with Crippen LogP contribution in [0.5, 0.6) is 0 Å². The fraction of sp³-hybridized carbons (Fsp3) is 0.364. The van der Waals surface area contributed by atoms with Crippen molar-refractivity contribution in [2.75, 3.05) is 44.7 Å². The Morgan fingerprint density at radius 2 is 1.86 bits per heavy atom. The Morgan fingerprint density at radius 3 is 2.64 bits per heavy atom. The molecular weight excluding hydrogens is 357 g/mol. The molecule has 1 fully saturated rings. The van der Waals surface area contributed by atoms with E-state index in [2.05, 4.69) is 10.2 Å². The number of fused-ring (bicyclic) bond motifs is 1. The Hall–Kier alpha value is -2.57. The minimum Gasteiger partial charge on any atom is -0.379 e. The molecule has 0 radical (unpaired) electrons. The molecule has 4 rings (SSSR count). The number of ketones is 1. The SMILES string of the molecule is O=C1c2ccccc2NC(=NCCCN2CCOCC2)C1c1ccc(F)cc1. The van der Waals surface area contributed by atoms with Gasteiger partial charge < -0.3 is 10.1 Å². The molecule has 1 unspecified atom stereocenters. The van der Waals surface area contributed by atoms with Gasteiger partial charge in [-0.2, -0.15) is 0 Å². The molecule has 1 saturated heterocycles. The number of para-hydroxylation sites is 1. The number of hydrogen-bond acceptors (Lipinski definition) is 4. The molecule has 1 atom stereocenters. The first-order chi connectivity index (χ1) is 13.7. The van der Waals surface area contributed by atoms with Gasteiger partial charge in [0.1, 0.15) is 17.6 Å². The summed E-state index contributed by atoms with van der Waals surface area (Å²) in [5.41, 5.74) is 2.17. The van der Waals surface area contributed by atoms with Crippen molar-refractivity contribution in [2.45, 2.75) is 12.3 Å². The van der Waals surface area contributed by atoms with Crippen molar-refractivity contribution in [1.29, 1.82) is 0 Å². The first kappa shape index (κ1) is 18.8. The highest BCUT2D eigenvalue weighted by atomic mass is 19.1. The Bertz CT molecular complexity index is 860. The second-order valence-electron chi connectivity index (χ2n) is 7.09. The Balaban J connectivity index is 1.53. The largest absolute Gasteiger partial charge is 0.379 e. The molecular formula is C22H24FN3O2. The van der Waals surface area contributed by atoms with Crippen molar-refractivity contribution in [1.82, 2.24) is 4.90 Å². The molecule has 2 aliphatic heterocycles. The summed E-state index contributed by atoms with van der Waals surface area (Å²) in [5.74, 6) is -0.214. The number of amidine groups is 1. The van der Waals surface area contributed by atoms with Crippen LogP contribution in [0.3, 0.4) is 0 Å². The van der Waals surface area contributed by atoms with Crippen molar-refractivity contribution in [3.8, 4) is 0 Å². The number of rotatable bonds is 5. The third kappa shape index (κ3) is 4.13. The van der Waals surface area contributed by atoms with Crippen LogP contribution >= 0.6 is 0 Å². The summed E-state index contributed by atoms with van der Waals surface area (Å²) in [6.07, 6.45) is 0.914. The van der Waals surface area contributed by atoms with Gasteiger partial charge in [-0.1, -0.05) is 24.3 Å². The summed E-state index contributed by atoms with van der Waals surface area (Å²) >= 11 is 0. The molecule has 0 amide bonds. The van der Waals surface area contributed by atoms with Crippen LogP contribution < -0.4 is 5.32 Å². The molecule has 5 nitrogen and oxygen atoms in total. The number of benzene rings is 2. The van der Waals surface area contributed by atoms with E-state index in [0.29, 0.717) is 17.9 Å². The predicted molar refractivity (Wildman–Crippen MR) is 108 cm³/mol. The zero-order valence-corrected chi connectivity index (χ0v) is 15.7. The number of nitrogens with one attached hydrogen (secondary N) is 1. The van der Waals surface area contributed by atoms with E-state index in [1.54, 1.807) is 12.1 Å². The van der Waals surface area contributed by atoms with Crippen LogP contribution in [0.15, 0.2) is 53.5 Å². The van der Waals surface area contributed by atoms with Crippen LogP contribution in [0, 0.1) is 5.82 Å². The summed E-state index contributed by atoms with van der Waals surface area (Å²) in [6.45, 7) is 5.08. The normalized spacial score (nSPS) is 21.4. The summed E-state index contributed by atoms with van der Waals surface area (Å²) in [6, 6.07) is 13.6. The van der Waals surface area contributed by atoms with E-state index in [-0.39, 0.29) is 11.6 Å². The molecule has 2 heterocycles. The topological polar surface area (TPSA) is 53.9 Å². The first-order valence-electron chi connectivity index (χ1n) is 9.72. The van der Waals surface area contributed by atoms with E-state index in [1.165, 1.54) is 12.1 Å². The lowest BCUT2D eigenvalue weighted by Crippen LogP contribution is -2.37. The van der Waals surface area contributed by atoms with Crippen LogP contribution in [-0.4, -0.2) is 55.9 Å². The lowest BCUT2D eigenvalue weighted by molar-refractivity contribution is 0.0377. The molecule has 0 spiro atoms. The van der Waals surface area contributed by atoms with Gasteiger partial charge in [0.05, 0.1) is 18.9 Å². The molecule has 0 bridgehead atoms. The van der Waals surface area contributed by atoms with Gasteiger partial charge in [-0.25, -0.2) is 4.39 Å². The number of carbonyl (C=O) groups is 1. The quantitative estimate of drug-likeness (QED) is 0.807. The van der Waals surface area contributed by atoms with Gasteiger partial charge >= 0.3 is 0 Å². The molecule has 2 aromatic carbocycles. The van der Waals surface area contributed by atoms with E-state index < -0.39 is 5.92 Å². The molecule has 1 N–H and O–H groups in total. The molecule has 0 aliphatic carbocycles. The van der Waals surface area contributed by atoms with Crippen LogP contribution in [0.1, 0.15) is 28.3 Å². The van der Waals surface area contributed by atoms with Crippen LogP contribution in [0.4, 0.5) is 10.1 Å². The van der Waals surface area contributed by atoms with Crippen LogP contribution in [0.25, 0.3) is 0 Å². The van der Waals surface area contributed by atoms with Gasteiger partial charge in [-0.05, 0) is 36.2 Å². The van der Waals surface area contributed by atoms with Gasteiger partial charge in [0.25, 0.3) is 0 Å². The lowest BCUT2D eigenvalue weighted by Gasteiger charge is -2.28. The standard InChI is InChI=1S/C22H24FN3O2/c23-17-8-6-16(7-9-17)20-21(27)18-4-1-2-5-19(18)25-22(20)24-10-3-11-26-12-14-28-15-13-26/h1-2,4-9,20H,3,10-15H2,(H,24,25). The molecule has 2 aromatic rings. The van der Waals surface area contributed by atoms with Crippen molar-refractivity contribution in [2.24, 2.45) is 4.99 Å². The summed E-state index contributed by atoms with van der Waals surface area (Å²) in [7, 11) is 0. The highest BCUT2D eigenvalue weighted by molar-refractivity contribution is 6.25. The highest BCUT2D eigenvalue weighted by Crippen LogP contribution is 2.32. The zero-order valence-electron chi connectivity index (χ0n) is 15.7. The van der Waals surface area contributed by atoms with E-state index >= 15 is 0 Å². The average molecular weight is 381 g/mol. The van der Waals surface area contributed by atoms with E-state index in [4.69, 9.17) is 9.73 Å². The second kappa shape index (κ2) is 8.63. The number of carbonyl (C=O) groups excluding carboxylic acids is 1. The molecule has 28 heavy (non-hydrogen) atoms. The monoisotopic (exact) mass is 381 g/mol. The smallest absolute Gasteiger partial charge is 0.179 e. The van der Waals surface area contributed by atoms with Gasteiger partial charge in [-0.3, -0.25) is 14.7 Å². The Morgan fingerprint density at radius 1 is 1.11 bits per heavy atom. The van der Waals surface area contributed by atoms with E-state index in [0.717, 1.165) is 50.5 Å². The third-order valence-corrected chi connectivity index (χ3v) is 5.21.